The zero-order valence-electron chi connectivity index (χ0n) is 10.0. The first kappa shape index (κ1) is 14.2. The predicted molar refractivity (Wildman–Crippen MR) is 64.5 cm³/mol. The Bertz CT molecular complexity index is 192. The van der Waals surface area contributed by atoms with Crippen molar-refractivity contribution >= 4 is 5.91 Å². The molecule has 0 saturated carbocycles. The lowest BCUT2D eigenvalue weighted by atomic mass is 10.1. The Morgan fingerprint density at radius 3 is 2.73 bits per heavy atom. The van der Waals surface area contributed by atoms with Crippen molar-refractivity contribution in [1.82, 2.24) is 4.90 Å². The molecule has 0 aromatic heterocycles. The summed E-state index contributed by atoms with van der Waals surface area (Å²) in [7, 11) is 0. The minimum Gasteiger partial charge on any atom is -0.339 e. The van der Waals surface area contributed by atoms with Gasteiger partial charge in [-0.05, 0) is 25.3 Å². The fourth-order valence-corrected chi connectivity index (χ4v) is 1.39. The molecule has 3 heteroatoms. The Labute approximate surface area is 93.3 Å². The Kier molecular flexibility index (Phi) is 8.01. The third-order valence-corrected chi connectivity index (χ3v) is 2.45. The number of carbonyl (C=O) groups excluding carboxylic acids is 1. The summed E-state index contributed by atoms with van der Waals surface area (Å²) in [5.41, 5.74) is 5.51. The van der Waals surface area contributed by atoms with Gasteiger partial charge in [0.2, 0.25) is 5.91 Å². The van der Waals surface area contributed by atoms with Crippen molar-refractivity contribution in [2.24, 2.45) is 11.7 Å². The first-order valence-electron chi connectivity index (χ1n) is 5.74. The van der Waals surface area contributed by atoms with E-state index in [1.807, 2.05) is 4.90 Å². The summed E-state index contributed by atoms with van der Waals surface area (Å²) in [4.78, 5) is 13.6. The van der Waals surface area contributed by atoms with E-state index in [0.29, 0.717) is 25.4 Å². The van der Waals surface area contributed by atoms with E-state index in [2.05, 4.69) is 20.4 Å². The predicted octanol–water partition coefficient (Wildman–Crippen LogP) is 1.79. The number of hydrogen-bond donors (Lipinski definition) is 1. The molecule has 0 aliphatic rings. The third kappa shape index (κ3) is 6.28. The molecule has 0 aliphatic heterocycles. The van der Waals surface area contributed by atoms with Gasteiger partial charge in [0.25, 0.3) is 0 Å². The minimum atomic E-state index is 0.219. The van der Waals surface area contributed by atoms with E-state index >= 15 is 0 Å². The molecule has 0 radical (unpaired) electrons. The first-order chi connectivity index (χ1) is 7.15. The quantitative estimate of drug-likeness (QED) is 0.623. The highest BCUT2D eigenvalue weighted by Crippen LogP contribution is 2.06. The van der Waals surface area contributed by atoms with E-state index in [9.17, 15) is 4.79 Å². The van der Waals surface area contributed by atoms with Gasteiger partial charge < -0.3 is 10.6 Å². The molecule has 3 nitrogen and oxygen atoms in total. The van der Waals surface area contributed by atoms with Crippen molar-refractivity contribution in [1.29, 1.82) is 0 Å². The van der Waals surface area contributed by atoms with Crippen molar-refractivity contribution in [2.45, 2.75) is 33.1 Å². The van der Waals surface area contributed by atoms with Crippen molar-refractivity contribution in [3.8, 4) is 0 Å². The van der Waals surface area contributed by atoms with Gasteiger partial charge in [0.05, 0.1) is 0 Å². The van der Waals surface area contributed by atoms with Crippen LogP contribution < -0.4 is 5.73 Å². The normalized spacial score (nSPS) is 12.2. The molecular formula is C12H24N2O. The van der Waals surface area contributed by atoms with E-state index in [1.165, 1.54) is 0 Å². The van der Waals surface area contributed by atoms with Crippen LogP contribution in [0.3, 0.4) is 0 Å². The smallest absolute Gasteiger partial charge is 0.222 e. The lowest BCUT2D eigenvalue weighted by Crippen LogP contribution is -2.32. The van der Waals surface area contributed by atoms with Crippen LogP contribution in [-0.4, -0.2) is 30.4 Å². The SMILES string of the molecule is C=CCN(CCC)C(=O)CCC(C)CN. The summed E-state index contributed by atoms with van der Waals surface area (Å²) in [6.07, 6.45) is 4.25. The average Bonchev–Trinajstić information content (AvgIpc) is 2.25. The topological polar surface area (TPSA) is 46.3 Å². The van der Waals surface area contributed by atoms with E-state index < -0.39 is 0 Å². The summed E-state index contributed by atoms with van der Waals surface area (Å²) in [6.45, 7) is 9.95. The molecule has 88 valence electrons. The Balaban J connectivity index is 3.95. The number of amides is 1. The highest BCUT2D eigenvalue weighted by molar-refractivity contribution is 5.76. The highest BCUT2D eigenvalue weighted by atomic mass is 16.2. The van der Waals surface area contributed by atoms with Gasteiger partial charge in [-0.1, -0.05) is 19.9 Å². The molecule has 0 heterocycles. The number of hydrogen-bond acceptors (Lipinski definition) is 2. The third-order valence-electron chi connectivity index (χ3n) is 2.45. The molecule has 0 fully saturated rings. The maximum Gasteiger partial charge on any atom is 0.222 e. The van der Waals surface area contributed by atoms with Gasteiger partial charge >= 0.3 is 0 Å². The van der Waals surface area contributed by atoms with Gasteiger partial charge in [-0.2, -0.15) is 0 Å². The summed E-state index contributed by atoms with van der Waals surface area (Å²) < 4.78 is 0. The second-order valence-electron chi connectivity index (χ2n) is 4.01. The molecule has 0 spiro atoms. The van der Waals surface area contributed by atoms with Crippen LogP contribution in [0.2, 0.25) is 0 Å². The molecule has 0 aromatic carbocycles. The van der Waals surface area contributed by atoms with Gasteiger partial charge in [0, 0.05) is 19.5 Å². The van der Waals surface area contributed by atoms with Crippen LogP contribution >= 0.6 is 0 Å². The van der Waals surface area contributed by atoms with Crippen LogP contribution in [0.5, 0.6) is 0 Å². The average molecular weight is 212 g/mol. The van der Waals surface area contributed by atoms with Crippen molar-refractivity contribution in [3.63, 3.8) is 0 Å². The summed E-state index contributed by atoms with van der Waals surface area (Å²) in [5.74, 6) is 0.651. The van der Waals surface area contributed by atoms with Crippen LogP contribution in [0.1, 0.15) is 33.1 Å². The van der Waals surface area contributed by atoms with Crippen LogP contribution in [0.15, 0.2) is 12.7 Å². The van der Waals surface area contributed by atoms with Crippen LogP contribution in [0.25, 0.3) is 0 Å². The van der Waals surface area contributed by atoms with Gasteiger partial charge in [-0.25, -0.2) is 0 Å². The maximum absolute atomic E-state index is 11.8. The number of rotatable bonds is 8. The number of carbonyl (C=O) groups is 1. The summed E-state index contributed by atoms with van der Waals surface area (Å²) >= 11 is 0. The van der Waals surface area contributed by atoms with Crippen molar-refractivity contribution in [2.75, 3.05) is 19.6 Å². The van der Waals surface area contributed by atoms with Gasteiger partial charge in [-0.3, -0.25) is 4.79 Å². The summed E-state index contributed by atoms with van der Waals surface area (Å²) in [6, 6.07) is 0. The molecular weight excluding hydrogens is 188 g/mol. The molecule has 0 saturated heterocycles. The Morgan fingerprint density at radius 1 is 1.60 bits per heavy atom. The zero-order chi connectivity index (χ0) is 11.7. The molecule has 1 atom stereocenters. The number of nitrogens with two attached hydrogens (primary N) is 1. The van der Waals surface area contributed by atoms with Crippen LogP contribution in [0.4, 0.5) is 0 Å². The lowest BCUT2D eigenvalue weighted by molar-refractivity contribution is -0.131. The minimum absolute atomic E-state index is 0.219. The standard InChI is InChI=1S/C12H24N2O/c1-4-8-14(9-5-2)12(15)7-6-11(3)10-13/h4,11H,1,5-10,13H2,2-3H3. The zero-order valence-corrected chi connectivity index (χ0v) is 10.0. The van der Waals surface area contributed by atoms with Gasteiger partial charge in [-0.15, -0.1) is 6.58 Å². The molecule has 0 aromatic rings. The van der Waals surface area contributed by atoms with Gasteiger partial charge in [0.1, 0.15) is 0 Å². The molecule has 1 amide bonds. The monoisotopic (exact) mass is 212 g/mol. The first-order valence-corrected chi connectivity index (χ1v) is 5.74. The van der Waals surface area contributed by atoms with Crippen molar-refractivity contribution < 1.29 is 4.79 Å². The van der Waals surface area contributed by atoms with Gasteiger partial charge in [0.15, 0.2) is 0 Å². The Morgan fingerprint density at radius 2 is 2.27 bits per heavy atom. The second-order valence-corrected chi connectivity index (χ2v) is 4.01. The Hall–Kier alpha value is -0.830. The molecule has 1 unspecified atom stereocenters. The van der Waals surface area contributed by atoms with E-state index in [4.69, 9.17) is 5.73 Å². The largest absolute Gasteiger partial charge is 0.339 e. The fourth-order valence-electron chi connectivity index (χ4n) is 1.39. The highest BCUT2D eigenvalue weighted by Gasteiger charge is 2.11. The fraction of sp³-hybridized carbons (Fsp3) is 0.750. The molecule has 15 heavy (non-hydrogen) atoms. The molecule has 0 aliphatic carbocycles. The lowest BCUT2D eigenvalue weighted by Gasteiger charge is -2.21. The molecule has 0 rings (SSSR count). The van der Waals surface area contributed by atoms with E-state index in [-0.39, 0.29) is 5.91 Å². The van der Waals surface area contributed by atoms with Crippen LogP contribution in [-0.2, 0) is 4.79 Å². The van der Waals surface area contributed by atoms with E-state index in [1.54, 1.807) is 6.08 Å². The molecule has 2 N–H and O–H groups in total. The van der Waals surface area contributed by atoms with E-state index in [0.717, 1.165) is 19.4 Å². The van der Waals surface area contributed by atoms with Crippen LogP contribution in [0, 0.1) is 5.92 Å². The maximum atomic E-state index is 11.8. The molecule has 0 bridgehead atoms. The van der Waals surface area contributed by atoms with Crippen molar-refractivity contribution in [3.05, 3.63) is 12.7 Å². The number of nitrogens with zero attached hydrogens (tertiary/aromatic N) is 1. The summed E-state index contributed by atoms with van der Waals surface area (Å²) in [5, 5.41) is 0. The second kappa shape index (κ2) is 8.48.